The fourth-order valence-corrected chi connectivity index (χ4v) is 2.24. The predicted molar refractivity (Wildman–Crippen MR) is 90.9 cm³/mol. The summed E-state index contributed by atoms with van der Waals surface area (Å²) in [7, 11) is 1.58. The van der Waals surface area contributed by atoms with Gasteiger partial charge in [-0.2, -0.15) is 0 Å². The molecule has 2 rings (SSSR count). The van der Waals surface area contributed by atoms with Crippen LogP contribution in [0.25, 0.3) is 0 Å². The van der Waals surface area contributed by atoms with Gasteiger partial charge in [0, 0.05) is 5.69 Å². The molecule has 0 heterocycles. The van der Waals surface area contributed by atoms with Crippen molar-refractivity contribution in [2.24, 2.45) is 0 Å². The van der Waals surface area contributed by atoms with Gasteiger partial charge in [-0.25, -0.2) is 4.79 Å². The van der Waals surface area contributed by atoms with Crippen molar-refractivity contribution >= 4 is 11.7 Å². The SMILES string of the molecule is COc1cccc(C(CO)NC(=O)Nc2ccc(C)c(C)c2)c1. The molecule has 2 amide bonds. The molecule has 5 nitrogen and oxygen atoms in total. The Morgan fingerprint density at radius 1 is 1.17 bits per heavy atom. The minimum Gasteiger partial charge on any atom is -0.497 e. The number of aryl methyl sites for hydroxylation is 2. The predicted octanol–water partition coefficient (Wildman–Crippen LogP) is 3.17. The third-order valence-corrected chi connectivity index (χ3v) is 3.75. The average molecular weight is 314 g/mol. The summed E-state index contributed by atoms with van der Waals surface area (Å²) in [4.78, 5) is 12.1. The van der Waals surface area contributed by atoms with Gasteiger partial charge < -0.3 is 20.5 Å². The van der Waals surface area contributed by atoms with E-state index in [0.29, 0.717) is 11.4 Å². The van der Waals surface area contributed by atoms with Crippen LogP contribution in [0.2, 0.25) is 0 Å². The number of aliphatic hydroxyl groups is 1. The molecule has 0 saturated heterocycles. The van der Waals surface area contributed by atoms with Crippen LogP contribution in [0.1, 0.15) is 22.7 Å². The molecule has 0 saturated carbocycles. The lowest BCUT2D eigenvalue weighted by molar-refractivity contribution is 0.225. The highest BCUT2D eigenvalue weighted by Crippen LogP contribution is 2.19. The number of anilines is 1. The van der Waals surface area contributed by atoms with Crippen LogP contribution in [-0.2, 0) is 0 Å². The van der Waals surface area contributed by atoms with Crippen LogP contribution < -0.4 is 15.4 Å². The summed E-state index contributed by atoms with van der Waals surface area (Å²) >= 11 is 0. The average Bonchev–Trinajstić information content (AvgIpc) is 2.56. The molecule has 2 aromatic rings. The number of carbonyl (C=O) groups is 1. The summed E-state index contributed by atoms with van der Waals surface area (Å²) in [6, 6.07) is 12.1. The zero-order chi connectivity index (χ0) is 16.8. The van der Waals surface area contributed by atoms with Crippen molar-refractivity contribution in [3.05, 3.63) is 59.2 Å². The second kappa shape index (κ2) is 7.65. The number of aliphatic hydroxyl groups excluding tert-OH is 1. The molecular formula is C18H22N2O3. The molecule has 0 aliphatic rings. The number of benzene rings is 2. The number of urea groups is 1. The second-order valence-corrected chi connectivity index (χ2v) is 5.41. The number of rotatable bonds is 5. The van der Waals surface area contributed by atoms with Crippen molar-refractivity contribution in [2.75, 3.05) is 19.0 Å². The van der Waals surface area contributed by atoms with Gasteiger partial charge in [0.1, 0.15) is 5.75 Å². The number of ether oxygens (including phenoxy) is 1. The van der Waals surface area contributed by atoms with E-state index in [-0.39, 0.29) is 12.6 Å². The van der Waals surface area contributed by atoms with Gasteiger partial charge in [-0.15, -0.1) is 0 Å². The van der Waals surface area contributed by atoms with Gasteiger partial charge >= 0.3 is 6.03 Å². The molecule has 23 heavy (non-hydrogen) atoms. The summed E-state index contributed by atoms with van der Waals surface area (Å²) in [6.45, 7) is 3.81. The van der Waals surface area contributed by atoms with Crippen LogP contribution in [0, 0.1) is 13.8 Å². The van der Waals surface area contributed by atoms with E-state index in [9.17, 15) is 9.90 Å². The summed E-state index contributed by atoms with van der Waals surface area (Å²) in [5, 5.41) is 15.1. The van der Waals surface area contributed by atoms with E-state index < -0.39 is 6.04 Å². The van der Waals surface area contributed by atoms with Crippen molar-refractivity contribution in [1.82, 2.24) is 5.32 Å². The van der Waals surface area contributed by atoms with E-state index in [1.165, 1.54) is 5.56 Å². The zero-order valence-electron chi connectivity index (χ0n) is 13.6. The Balaban J connectivity index is 2.05. The van der Waals surface area contributed by atoms with E-state index in [1.54, 1.807) is 13.2 Å². The first-order valence-corrected chi connectivity index (χ1v) is 7.43. The number of hydrogen-bond donors (Lipinski definition) is 3. The van der Waals surface area contributed by atoms with Crippen LogP contribution >= 0.6 is 0 Å². The highest BCUT2D eigenvalue weighted by Gasteiger charge is 2.14. The maximum absolute atomic E-state index is 12.1. The smallest absolute Gasteiger partial charge is 0.319 e. The Morgan fingerprint density at radius 3 is 2.61 bits per heavy atom. The van der Waals surface area contributed by atoms with E-state index >= 15 is 0 Å². The van der Waals surface area contributed by atoms with E-state index in [4.69, 9.17) is 4.74 Å². The molecule has 2 aromatic carbocycles. The fourth-order valence-electron chi connectivity index (χ4n) is 2.24. The fraction of sp³-hybridized carbons (Fsp3) is 0.278. The molecule has 0 radical (unpaired) electrons. The number of hydrogen-bond acceptors (Lipinski definition) is 3. The Morgan fingerprint density at radius 2 is 1.96 bits per heavy atom. The number of methoxy groups -OCH3 is 1. The van der Waals surface area contributed by atoms with Crippen LogP contribution in [0.4, 0.5) is 10.5 Å². The lowest BCUT2D eigenvalue weighted by atomic mass is 10.1. The zero-order valence-corrected chi connectivity index (χ0v) is 13.6. The summed E-state index contributed by atoms with van der Waals surface area (Å²) in [6.07, 6.45) is 0. The quantitative estimate of drug-likeness (QED) is 0.794. The Kier molecular flexibility index (Phi) is 5.60. The van der Waals surface area contributed by atoms with Gasteiger partial charge in [0.05, 0.1) is 19.8 Å². The number of carbonyl (C=O) groups excluding carboxylic acids is 1. The van der Waals surface area contributed by atoms with E-state index in [2.05, 4.69) is 10.6 Å². The minimum absolute atomic E-state index is 0.201. The van der Waals surface area contributed by atoms with Crippen molar-refractivity contribution in [3.8, 4) is 5.75 Å². The molecular weight excluding hydrogens is 292 g/mol. The first-order valence-electron chi connectivity index (χ1n) is 7.43. The lowest BCUT2D eigenvalue weighted by Gasteiger charge is -2.18. The topological polar surface area (TPSA) is 70.6 Å². The molecule has 0 aliphatic heterocycles. The first kappa shape index (κ1) is 16.8. The standard InChI is InChI=1S/C18H22N2O3/c1-12-7-8-15(9-13(12)2)19-18(22)20-17(11-21)14-5-4-6-16(10-14)23-3/h4-10,17,21H,11H2,1-3H3,(H2,19,20,22). The molecule has 0 aliphatic carbocycles. The summed E-state index contributed by atoms with van der Waals surface area (Å²) in [5.74, 6) is 0.678. The van der Waals surface area contributed by atoms with E-state index in [0.717, 1.165) is 11.1 Å². The molecule has 1 atom stereocenters. The molecule has 1 unspecified atom stereocenters. The van der Waals surface area contributed by atoms with Crippen molar-refractivity contribution in [3.63, 3.8) is 0 Å². The number of amides is 2. The molecule has 0 aromatic heterocycles. The van der Waals surface area contributed by atoms with Crippen LogP contribution in [0.15, 0.2) is 42.5 Å². The Hall–Kier alpha value is -2.53. The maximum Gasteiger partial charge on any atom is 0.319 e. The van der Waals surface area contributed by atoms with Crippen LogP contribution in [0.3, 0.4) is 0 Å². The van der Waals surface area contributed by atoms with Crippen LogP contribution in [0.5, 0.6) is 5.75 Å². The molecule has 122 valence electrons. The third-order valence-electron chi connectivity index (χ3n) is 3.75. The third kappa shape index (κ3) is 4.47. The van der Waals surface area contributed by atoms with Gasteiger partial charge in [0.15, 0.2) is 0 Å². The monoisotopic (exact) mass is 314 g/mol. The normalized spacial score (nSPS) is 11.7. The maximum atomic E-state index is 12.1. The summed E-state index contributed by atoms with van der Waals surface area (Å²) < 4.78 is 5.16. The van der Waals surface area contributed by atoms with E-state index in [1.807, 2.05) is 50.2 Å². The van der Waals surface area contributed by atoms with Crippen molar-refractivity contribution < 1.29 is 14.6 Å². The van der Waals surface area contributed by atoms with Gasteiger partial charge in [0.2, 0.25) is 0 Å². The largest absolute Gasteiger partial charge is 0.497 e. The van der Waals surface area contributed by atoms with Gasteiger partial charge in [-0.3, -0.25) is 0 Å². The second-order valence-electron chi connectivity index (χ2n) is 5.41. The molecule has 3 N–H and O–H groups in total. The van der Waals surface area contributed by atoms with Crippen LogP contribution in [-0.4, -0.2) is 24.9 Å². The summed E-state index contributed by atoms with van der Waals surface area (Å²) in [5.41, 5.74) is 3.77. The Labute approximate surface area is 136 Å². The van der Waals surface area contributed by atoms with Gasteiger partial charge in [-0.1, -0.05) is 18.2 Å². The molecule has 5 heteroatoms. The molecule has 0 bridgehead atoms. The van der Waals surface area contributed by atoms with Crippen molar-refractivity contribution in [1.29, 1.82) is 0 Å². The number of nitrogens with one attached hydrogen (secondary N) is 2. The minimum atomic E-state index is -0.503. The highest BCUT2D eigenvalue weighted by atomic mass is 16.5. The Bertz CT molecular complexity index is 686. The molecule has 0 spiro atoms. The van der Waals surface area contributed by atoms with Gasteiger partial charge in [0.25, 0.3) is 0 Å². The molecule has 0 fully saturated rings. The highest BCUT2D eigenvalue weighted by molar-refractivity contribution is 5.89. The first-order chi connectivity index (χ1) is 11.0. The van der Waals surface area contributed by atoms with Gasteiger partial charge in [-0.05, 0) is 54.8 Å². The lowest BCUT2D eigenvalue weighted by Crippen LogP contribution is -2.34. The van der Waals surface area contributed by atoms with Crippen molar-refractivity contribution in [2.45, 2.75) is 19.9 Å².